The summed E-state index contributed by atoms with van der Waals surface area (Å²) in [6.07, 6.45) is 6.48. The Labute approximate surface area is 128 Å². The van der Waals surface area contributed by atoms with Gasteiger partial charge in [-0.2, -0.15) is 8.42 Å². The zero-order valence-corrected chi connectivity index (χ0v) is 13.0. The van der Waals surface area contributed by atoms with E-state index in [4.69, 9.17) is 0 Å². The number of rotatable bonds is 3. The van der Waals surface area contributed by atoms with Crippen LogP contribution in [0.3, 0.4) is 0 Å². The topological polar surface area (TPSA) is 76.6 Å². The fourth-order valence-electron chi connectivity index (χ4n) is 3.06. The molecule has 1 aromatic heterocycles. The molecule has 2 heterocycles. The van der Waals surface area contributed by atoms with Crippen LogP contribution in [0.4, 0.5) is 3.89 Å². The second-order valence-corrected chi connectivity index (χ2v) is 7.12. The number of likely N-dealkylation sites (tertiary alicyclic amines) is 1. The van der Waals surface area contributed by atoms with Gasteiger partial charge >= 0.3 is 10.5 Å². The summed E-state index contributed by atoms with van der Waals surface area (Å²) < 4.78 is 37.8. The molecule has 2 aliphatic rings. The van der Waals surface area contributed by atoms with Crippen molar-refractivity contribution < 1.29 is 21.3 Å². The maximum atomic E-state index is 12.7. The first-order valence-electron chi connectivity index (χ1n) is 7.20. The molecular weight excluding hydrogens is 311 g/mol. The maximum absolute atomic E-state index is 12.7. The summed E-state index contributed by atoms with van der Waals surface area (Å²) in [4.78, 5) is 18.3. The van der Waals surface area contributed by atoms with E-state index in [1.54, 1.807) is 0 Å². The Kier molecular flexibility index (Phi) is 3.58. The fraction of sp³-hybridized carbons (Fsp3) is 0.571. The number of hydrogen-bond acceptors (Lipinski definition) is 5. The third-order valence-corrected chi connectivity index (χ3v) is 4.79. The number of carbonyl (C=O) groups is 1. The Morgan fingerprint density at radius 3 is 2.77 bits per heavy atom. The van der Waals surface area contributed by atoms with Crippen LogP contribution < -0.4 is 4.18 Å². The molecule has 0 N–H and O–H groups in total. The van der Waals surface area contributed by atoms with Gasteiger partial charge in [0.1, 0.15) is 0 Å². The SMILES string of the molecule is CC1CCC2(CC2)N(C(=O)c2cncc(OS(=O)(=O)F)c2)C1. The maximum Gasteiger partial charge on any atom is 0.488 e. The molecule has 1 saturated carbocycles. The van der Waals surface area contributed by atoms with Crippen LogP contribution in [0.1, 0.15) is 43.0 Å². The number of halogens is 1. The second kappa shape index (κ2) is 5.19. The summed E-state index contributed by atoms with van der Waals surface area (Å²) in [7, 11) is -5.13. The Morgan fingerprint density at radius 2 is 2.14 bits per heavy atom. The molecule has 2 fully saturated rings. The minimum absolute atomic E-state index is 0.0490. The highest BCUT2D eigenvalue weighted by Crippen LogP contribution is 2.49. The van der Waals surface area contributed by atoms with E-state index < -0.39 is 10.5 Å². The molecular formula is C14H17FN2O4S. The van der Waals surface area contributed by atoms with E-state index in [2.05, 4.69) is 16.1 Å². The van der Waals surface area contributed by atoms with Gasteiger partial charge in [0.2, 0.25) is 0 Å². The van der Waals surface area contributed by atoms with Gasteiger partial charge in [0, 0.05) is 18.3 Å². The summed E-state index contributed by atoms with van der Waals surface area (Å²) >= 11 is 0. The van der Waals surface area contributed by atoms with E-state index in [9.17, 15) is 17.1 Å². The number of piperidine rings is 1. The van der Waals surface area contributed by atoms with Crippen molar-refractivity contribution in [1.82, 2.24) is 9.88 Å². The molecule has 1 spiro atoms. The van der Waals surface area contributed by atoms with Gasteiger partial charge < -0.3 is 9.08 Å². The fourth-order valence-corrected chi connectivity index (χ4v) is 3.38. The minimum atomic E-state index is -5.13. The average Bonchev–Trinajstić information content (AvgIpc) is 3.20. The van der Waals surface area contributed by atoms with E-state index in [1.165, 1.54) is 12.3 Å². The van der Waals surface area contributed by atoms with E-state index in [0.717, 1.165) is 31.9 Å². The molecule has 120 valence electrons. The van der Waals surface area contributed by atoms with Crippen molar-refractivity contribution in [2.45, 2.75) is 38.1 Å². The molecule has 1 saturated heterocycles. The van der Waals surface area contributed by atoms with Crippen molar-refractivity contribution in [3.05, 3.63) is 24.0 Å². The number of carbonyl (C=O) groups excluding carboxylic acids is 1. The quantitative estimate of drug-likeness (QED) is 0.794. The molecule has 1 amide bonds. The van der Waals surface area contributed by atoms with Gasteiger partial charge in [-0.3, -0.25) is 9.78 Å². The molecule has 1 aromatic rings. The number of aromatic nitrogens is 1. The average molecular weight is 328 g/mol. The number of hydrogen-bond donors (Lipinski definition) is 0. The number of pyridine rings is 1. The first-order valence-corrected chi connectivity index (χ1v) is 8.51. The van der Waals surface area contributed by atoms with Crippen molar-refractivity contribution in [2.24, 2.45) is 5.92 Å². The Balaban J connectivity index is 1.84. The standard InChI is InChI=1S/C14H17FN2O4S/c1-10-2-3-14(4-5-14)17(9-10)13(18)11-6-12(8-16-7-11)21-22(15,19)20/h6-8,10H,2-5,9H2,1H3. The molecule has 0 aromatic carbocycles. The molecule has 6 nitrogen and oxygen atoms in total. The molecule has 1 unspecified atom stereocenters. The predicted octanol–water partition coefficient (Wildman–Crippen LogP) is 2.08. The summed E-state index contributed by atoms with van der Waals surface area (Å²) in [5.74, 6) is -0.0877. The molecule has 0 radical (unpaired) electrons. The summed E-state index contributed by atoms with van der Waals surface area (Å²) in [5.41, 5.74) is 0.161. The van der Waals surface area contributed by atoms with Gasteiger partial charge in [-0.05, 0) is 37.7 Å². The van der Waals surface area contributed by atoms with Crippen LogP contribution in [0.2, 0.25) is 0 Å². The van der Waals surface area contributed by atoms with Gasteiger partial charge in [0.25, 0.3) is 5.91 Å². The first kappa shape index (κ1) is 15.2. The predicted molar refractivity (Wildman–Crippen MR) is 76.3 cm³/mol. The van der Waals surface area contributed by atoms with E-state index in [0.29, 0.717) is 12.5 Å². The molecule has 1 aliphatic carbocycles. The molecule has 22 heavy (non-hydrogen) atoms. The number of nitrogens with zero attached hydrogens (tertiary/aromatic N) is 2. The smallest absolute Gasteiger partial charge is 0.357 e. The Morgan fingerprint density at radius 1 is 1.41 bits per heavy atom. The van der Waals surface area contributed by atoms with Crippen LogP contribution >= 0.6 is 0 Å². The number of amides is 1. The van der Waals surface area contributed by atoms with Crippen molar-refractivity contribution in [3.8, 4) is 5.75 Å². The zero-order valence-electron chi connectivity index (χ0n) is 12.2. The summed E-state index contributed by atoms with van der Waals surface area (Å²) in [5, 5.41) is 0. The molecule has 8 heteroatoms. The first-order chi connectivity index (χ1) is 10.3. The minimum Gasteiger partial charge on any atom is -0.357 e. The summed E-state index contributed by atoms with van der Waals surface area (Å²) in [6.45, 7) is 2.77. The second-order valence-electron chi connectivity index (χ2n) is 6.17. The van der Waals surface area contributed by atoms with Crippen LogP contribution in [0, 0.1) is 5.92 Å². The Bertz CT molecular complexity index is 703. The largest absolute Gasteiger partial charge is 0.488 e. The van der Waals surface area contributed by atoms with Crippen LogP contribution in [0.15, 0.2) is 18.5 Å². The van der Waals surface area contributed by atoms with E-state index >= 15 is 0 Å². The lowest BCUT2D eigenvalue weighted by molar-refractivity contribution is 0.0497. The lowest BCUT2D eigenvalue weighted by Crippen LogP contribution is -2.48. The highest BCUT2D eigenvalue weighted by atomic mass is 32.3. The van der Waals surface area contributed by atoms with Crippen molar-refractivity contribution in [3.63, 3.8) is 0 Å². The van der Waals surface area contributed by atoms with Crippen LogP contribution in [-0.2, 0) is 10.5 Å². The highest BCUT2D eigenvalue weighted by Gasteiger charge is 2.52. The molecule has 0 bridgehead atoms. The van der Waals surface area contributed by atoms with Gasteiger partial charge in [-0.25, -0.2) is 0 Å². The molecule has 1 aliphatic heterocycles. The van der Waals surface area contributed by atoms with Crippen LogP contribution in [0.25, 0.3) is 0 Å². The van der Waals surface area contributed by atoms with E-state index in [-0.39, 0.29) is 22.8 Å². The van der Waals surface area contributed by atoms with Gasteiger partial charge in [-0.1, -0.05) is 10.8 Å². The third kappa shape index (κ3) is 3.06. The highest BCUT2D eigenvalue weighted by molar-refractivity contribution is 7.81. The lowest BCUT2D eigenvalue weighted by atomic mass is 9.92. The van der Waals surface area contributed by atoms with Gasteiger partial charge in [-0.15, -0.1) is 0 Å². The van der Waals surface area contributed by atoms with E-state index in [1.807, 2.05) is 4.90 Å². The van der Waals surface area contributed by atoms with Gasteiger partial charge in [0.05, 0.1) is 11.8 Å². The van der Waals surface area contributed by atoms with Crippen LogP contribution in [-0.4, -0.2) is 36.3 Å². The molecule has 3 rings (SSSR count). The van der Waals surface area contributed by atoms with Crippen molar-refractivity contribution in [1.29, 1.82) is 0 Å². The normalized spacial score (nSPS) is 23.4. The van der Waals surface area contributed by atoms with Gasteiger partial charge in [0.15, 0.2) is 5.75 Å². The van der Waals surface area contributed by atoms with Crippen LogP contribution in [0.5, 0.6) is 5.75 Å². The monoisotopic (exact) mass is 328 g/mol. The lowest BCUT2D eigenvalue weighted by Gasteiger charge is -2.39. The zero-order chi connectivity index (χ0) is 16.0. The Hall–Kier alpha value is -1.70. The van der Waals surface area contributed by atoms with Crippen molar-refractivity contribution in [2.75, 3.05) is 6.54 Å². The molecule has 1 atom stereocenters. The third-order valence-electron chi connectivity index (χ3n) is 4.40. The van der Waals surface area contributed by atoms with Crippen molar-refractivity contribution >= 4 is 16.4 Å². The summed E-state index contributed by atoms with van der Waals surface area (Å²) in [6, 6.07) is 1.21.